The van der Waals surface area contributed by atoms with Crippen molar-refractivity contribution in [1.82, 2.24) is 19.1 Å². The summed E-state index contributed by atoms with van der Waals surface area (Å²) in [6.07, 6.45) is 3.85. The first kappa shape index (κ1) is 36.4. The van der Waals surface area contributed by atoms with Crippen molar-refractivity contribution in [2.24, 2.45) is 0 Å². The van der Waals surface area contributed by atoms with Crippen molar-refractivity contribution in [3.63, 3.8) is 0 Å². The lowest BCUT2D eigenvalue weighted by Crippen LogP contribution is -2.00. The zero-order valence-corrected chi connectivity index (χ0v) is 34.0. The lowest BCUT2D eigenvalue weighted by molar-refractivity contribution is 0.627. The van der Waals surface area contributed by atoms with E-state index < -0.39 is 0 Å². The minimum atomic E-state index is -0.247. The van der Waals surface area contributed by atoms with Gasteiger partial charge in [0.2, 0.25) is 5.95 Å². The summed E-state index contributed by atoms with van der Waals surface area (Å²) in [6, 6.07) is 73.5. The zero-order chi connectivity index (χ0) is 41.9. The van der Waals surface area contributed by atoms with Crippen LogP contribution in [0.5, 0.6) is 0 Å². The van der Waals surface area contributed by atoms with E-state index in [0.717, 1.165) is 82.7 Å². The normalized spacial score (nSPS) is 11.6. The summed E-state index contributed by atoms with van der Waals surface area (Å²) in [5.41, 5.74) is 16.5. The van der Waals surface area contributed by atoms with Crippen LogP contribution in [0.4, 0.5) is 4.39 Å². The molecule has 0 fully saturated rings. The van der Waals surface area contributed by atoms with Gasteiger partial charge >= 0.3 is 0 Å². The lowest BCUT2D eigenvalue weighted by atomic mass is 9.93. The first-order chi connectivity index (χ1) is 31.1. The van der Waals surface area contributed by atoms with Gasteiger partial charge in [0.15, 0.2) is 0 Å². The van der Waals surface area contributed by atoms with Gasteiger partial charge in [-0.3, -0.25) is 4.57 Å². The van der Waals surface area contributed by atoms with Gasteiger partial charge in [0.25, 0.3) is 0 Å². The summed E-state index contributed by atoms with van der Waals surface area (Å²) in [7, 11) is 0. The van der Waals surface area contributed by atoms with Crippen molar-refractivity contribution in [1.29, 1.82) is 0 Å². The predicted octanol–water partition coefficient (Wildman–Crippen LogP) is 15.1. The van der Waals surface area contributed by atoms with E-state index in [1.165, 1.54) is 34.4 Å². The van der Waals surface area contributed by atoms with E-state index in [9.17, 15) is 4.39 Å². The van der Waals surface area contributed by atoms with Crippen molar-refractivity contribution in [3.8, 4) is 67.3 Å². The van der Waals surface area contributed by atoms with Gasteiger partial charge in [0.05, 0.1) is 22.1 Å². The minimum Gasteiger partial charge on any atom is -0.309 e. The minimum absolute atomic E-state index is 0.247. The number of para-hydroxylation sites is 2. The smallest absolute Gasteiger partial charge is 0.234 e. The number of nitrogens with zero attached hydrogens (tertiary/aromatic N) is 4. The third-order valence-electron chi connectivity index (χ3n) is 12.3. The second-order valence-electron chi connectivity index (χ2n) is 16.0. The number of fused-ring (bicyclic) bond motifs is 6. The number of benzene rings is 9. The summed E-state index contributed by atoms with van der Waals surface area (Å²) in [4.78, 5) is 9.95. The molecular formula is C58H37FN4. The van der Waals surface area contributed by atoms with Gasteiger partial charge in [-0.2, -0.15) is 0 Å². The molecule has 0 aliphatic heterocycles. The molecule has 0 N–H and O–H groups in total. The molecule has 296 valence electrons. The molecule has 0 saturated carbocycles. The summed E-state index contributed by atoms with van der Waals surface area (Å²) >= 11 is 0. The molecule has 5 heteroatoms. The van der Waals surface area contributed by atoms with Gasteiger partial charge in [-0.05, 0) is 129 Å². The first-order valence-electron chi connectivity index (χ1n) is 21.1. The largest absolute Gasteiger partial charge is 0.309 e. The van der Waals surface area contributed by atoms with Crippen molar-refractivity contribution < 1.29 is 4.39 Å². The summed E-state index contributed by atoms with van der Waals surface area (Å²) in [5.74, 6) is 0.374. The standard InChI is InChI=1S/C58H37FN4/c59-48-25-27-49(28-26-48)62-54-17-9-7-15-50(54)52-34-42(23-29-56(52)62)43-24-30-57-53(35-43)51-16-8-10-18-55(51)63(57)58-60-36-47(37-61-58)41-21-19-40(20-22-41)46-32-44(38-11-3-1-4-12-38)31-45(33-46)39-13-5-2-6-14-39/h1-37H. The van der Waals surface area contributed by atoms with E-state index in [1.54, 1.807) is 0 Å². The van der Waals surface area contributed by atoms with Crippen LogP contribution in [0.25, 0.3) is 111 Å². The molecule has 12 aromatic rings. The Kier molecular flexibility index (Phi) is 8.64. The molecule has 0 radical (unpaired) electrons. The molecule has 12 rings (SSSR count). The van der Waals surface area contributed by atoms with Crippen LogP contribution in [-0.2, 0) is 0 Å². The maximum absolute atomic E-state index is 13.9. The molecule has 0 aliphatic carbocycles. The van der Waals surface area contributed by atoms with Crippen LogP contribution in [0.2, 0.25) is 0 Å². The molecule has 0 amide bonds. The number of hydrogen-bond donors (Lipinski definition) is 0. The Morgan fingerprint density at radius 3 is 1.21 bits per heavy atom. The second kappa shape index (κ2) is 14.9. The molecule has 0 aliphatic rings. The lowest BCUT2D eigenvalue weighted by Gasteiger charge is -2.12. The van der Waals surface area contributed by atoms with Gasteiger partial charge in [0.1, 0.15) is 5.82 Å². The Balaban J connectivity index is 0.881. The van der Waals surface area contributed by atoms with Crippen LogP contribution in [-0.4, -0.2) is 19.1 Å². The van der Waals surface area contributed by atoms with E-state index in [1.807, 2.05) is 24.5 Å². The highest BCUT2D eigenvalue weighted by Crippen LogP contribution is 2.39. The first-order valence-corrected chi connectivity index (χ1v) is 21.1. The summed E-state index contributed by atoms with van der Waals surface area (Å²) in [6.45, 7) is 0. The fourth-order valence-electron chi connectivity index (χ4n) is 9.22. The highest BCUT2D eigenvalue weighted by Gasteiger charge is 2.17. The zero-order valence-electron chi connectivity index (χ0n) is 34.0. The fraction of sp³-hybridized carbons (Fsp3) is 0. The monoisotopic (exact) mass is 808 g/mol. The molecule has 0 unspecified atom stereocenters. The van der Waals surface area contributed by atoms with E-state index >= 15 is 0 Å². The van der Waals surface area contributed by atoms with Crippen molar-refractivity contribution in [2.75, 3.05) is 0 Å². The second-order valence-corrected chi connectivity index (χ2v) is 16.0. The van der Waals surface area contributed by atoms with Crippen LogP contribution in [0.3, 0.4) is 0 Å². The molecule has 4 nitrogen and oxygen atoms in total. The molecule has 0 atom stereocenters. The highest BCUT2D eigenvalue weighted by molar-refractivity contribution is 6.12. The molecule has 63 heavy (non-hydrogen) atoms. The number of halogens is 1. The fourth-order valence-corrected chi connectivity index (χ4v) is 9.22. The van der Waals surface area contributed by atoms with Gasteiger partial charge in [-0.25, -0.2) is 14.4 Å². The van der Waals surface area contributed by atoms with E-state index in [0.29, 0.717) is 5.95 Å². The third-order valence-corrected chi connectivity index (χ3v) is 12.3. The Labute approximate surface area is 363 Å². The maximum Gasteiger partial charge on any atom is 0.234 e. The van der Waals surface area contributed by atoms with Crippen molar-refractivity contribution >= 4 is 43.6 Å². The SMILES string of the molecule is Fc1ccc(-n2c3ccccc3c3cc(-c4ccc5c(c4)c4ccccc4n5-c4ncc(-c5ccc(-c6cc(-c7ccccc7)cc(-c7ccccc7)c6)cc5)cn4)ccc32)cc1. The van der Waals surface area contributed by atoms with Crippen LogP contribution in [0.15, 0.2) is 225 Å². The highest BCUT2D eigenvalue weighted by atomic mass is 19.1. The van der Waals surface area contributed by atoms with Crippen molar-refractivity contribution in [3.05, 3.63) is 231 Å². The van der Waals surface area contributed by atoms with Crippen LogP contribution >= 0.6 is 0 Å². The molecule has 3 aromatic heterocycles. The summed E-state index contributed by atoms with van der Waals surface area (Å²) in [5, 5.41) is 4.57. The van der Waals surface area contributed by atoms with Crippen molar-refractivity contribution in [2.45, 2.75) is 0 Å². The average Bonchev–Trinajstić information content (AvgIpc) is 3.87. The number of rotatable bonds is 7. The Hall–Kier alpha value is -8.41. The molecule has 3 heterocycles. The predicted molar refractivity (Wildman–Crippen MR) is 258 cm³/mol. The average molecular weight is 809 g/mol. The Morgan fingerprint density at radius 2 is 0.683 bits per heavy atom. The molecule has 0 bridgehead atoms. The number of hydrogen-bond acceptors (Lipinski definition) is 2. The Bertz CT molecular complexity index is 3590. The van der Waals surface area contributed by atoms with Gasteiger partial charge < -0.3 is 4.57 Å². The molecule has 9 aromatic carbocycles. The topological polar surface area (TPSA) is 35.6 Å². The molecule has 0 saturated heterocycles. The van der Waals surface area contributed by atoms with E-state index in [4.69, 9.17) is 9.97 Å². The van der Waals surface area contributed by atoms with Crippen LogP contribution < -0.4 is 0 Å². The van der Waals surface area contributed by atoms with Crippen LogP contribution in [0, 0.1) is 5.82 Å². The van der Waals surface area contributed by atoms with Gasteiger partial charge in [-0.1, -0.05) is 133 Å². The molecular weight excluding hydrogens is 772 g/mol. The van der Waals surface area contributed by atoms with E-state index in [-0.39, 0.29) is 5.82 Å². The van der Waals surface area contributed by atoms with Gasteiger partial charge in [-0.15, -0.1) is 0 Å². The van der Waals surface area contributed by atoms with E-state index in [2.05, 4.69) is 197 Å². The third kappa shape index (κ3) is 6.37. The molecule has 0 spiro atoms. The maximum atomic E-state index is 13.9. The van der Waals surface area contributed by atoms with Crippen LogP contribution in [0.1, 0.15) is 0 Å². The Morgan fingerprint density at radius 1 is 0.286 bits per heavy atom. The van der Waals surface area contributed by atoms with Gasteiger partial charge in [0, 0.05) is 45.2 Å². The summed E-state index contributed by atoms with van der Waals surface area (Å²) < 4.78 is 18.3. The number of aromatic nitrogens is 4. The quantitative estimate of drug-likeness (QED) is 0.161.